The van der Waals surface area contributed by atoms with Crippen LogP contribution in [0, 0.1) is 0 Å². The second kappa shape index (κ2) is 7.68. The van der Waals surface area contributed by atoms with Crippen molar-refractivity contribution in [3.63, 3.8) is 0 Å². The standard InChI is InChI=1S/C13H18F2N6O2/c1-3-8(7(2)22)17-10-5-16-6-11(19-10)18-9-4-12(21-20-9)23-13(14)15/h4-8,13,22H,3H2,1-2H3,(H3,17,18,19,20,21)/t7-,8+/m0/s1. The van der Waals surface area contributed by atoms with Gasteiger partial charge in [-0.15, -0.1) is 5.10 Å². The second-order valence-corrected chi connectivity index (χ2v) is 4.81. The normalized spacial score (nSPS) is 13.7. The van der Waals surface area contributed by atoms with Gasteiger partial charge in [0, 0.05) is 6.07 Å². The molecule has 8 nitrogen and oxygen atoms in total. The van der Waals surface area contributed by atoms with Crippen LogP contribution >= 0.6 is 0 Å². The molecule has 10 heteroatoms. The minimum absolute atomic E-state index is 0.155. The molecular weight excluding hydrogens is 310 g/mol. The summed E-state index contributed by atoms with van der Waals surface area (Å²) in [6.07, 6.45) is 3.16. The lowest BCUT2D eigenvalue weighted by molar-refractivity contribution is -0.0528. The Balaban J connectivity index is 2.03. The van der Waals surface area contributed by atoms with Crippen LogP contribution in [-0.2, 0) is 0 Å². The Morgan fingerprint density at radius 1 is 1.35 bits per heavy atom. The van der Waals surface area contributed by atoms with Crippen LogP contribution in [0.15, 0.2) is 18.5 Å². The van der Waals surface area contributed by atoms with Gasteiger partial charge < -0.3 is 20.5 Å². The van der Waals surface area contributed by atoms with Gasteiger partial charge in [0.15, 0.2) is 5.82 Å². The lowest BCUT2D eigenvalue weighted by Crippen LogP contribution is -2.31. The largest absolute Gasteiger partial charge is 0.415 e. The molecule has 0 aliphatic carbocycles. The predicted molar refractivity (Wildman–Crippen MR) is 79.9 cm³/mol. The van der Waals surface area contributed by atoms with E-state index in [2.05, 4.69) is 35.5 Å². The molecule has 0 aromatic carbocycles. The summed E-state index contributed by atoms with van der Waals surface area (Å²) in [7, 11) is 0. The number of ether oxygens (including phenoxy) is 1. The number of rotatable bonds is 8. The number of nitrogens with one attached hydrogen (secondary N) is 3. The summed E-state index contributed by atoms with van der Waals surface area (Å²) < 4.78 is 28.3. The van der Waals surface area contributed by atoms with Gasteiger partial charge in [-0.05, 0) is 13.3 Å². The first-order valence-electron chi connectivity index (χ1n) is 7.01. The molecule has 4 N–H and O–H groups in total. The third kappa shape index (κ3) is 5.02. The average molecular weight is 328 g/mol. The van der Waals surface area contributed by atoms with E-state index >= 15 is 0 Å². The van der Waals surface area contributed by atoms with Gasteiger partial charge in [0.25, 0.3) is 0 Å². The zero-order valence-electron chi connectivity index (χ0n) is 12.6. The number of H-pyrrole nitrogens is 1. The molecule has 2 rings (SSSR count). The molecule has 0 aliphatic rings. The molecule has 0 radical (unpaired) electrons. The molecule has 0 fully saturated rings. The van der Waals surface area contributed by atoms with Gasteiger partial charge in [0.1, 0.15) is 11.6 Å². The first kappa shape index (κ1) is 16.9. The molecule has 0 bridgehead atoms. The Kier molecular flexibility index (Phi) is 5.63. The molecule has 23 heavy (non-hydrogen) atoms. The maximum absolute atomic E-state index is 12.1. The van der Waals surface area contributed by atoms with Crippen molar-refractivity contribution in [1.29, 1.82) is 0 Å². The van der Waals surface area contributed by atoms with Crippen LogP contribution in [0.1, 0.15) is 20.3 Å². The summed E-state index contributed by atoms with van der Waals surface area (Å²) >= 11 is 0. The number of aromatic amines is 1. The molecule has 0 saturated carbocycles. The highest BCUT2D eigenvalue weighted by Gasteiger charge is 2.13. The lowest BCUT2D eigenvalue weighted by Gasteiger charge is -2.20. The van der Waals surface area contributed by atoms with Crippen LogP contribution in [0.2, 0.25) is 0 Å². The van der Waals surface area contributed by atoms with Crippen molar-refractivity contribution < 1.29 is 18.6 Å². The highest BCUT2D eigenvalue weighted by Crippen LogP contribution is 2.19. The Labute approximate surface area is 131 Å². The number of anilines is 3. The lowest BCUT2D eigenvalue weighted by atomic mass is 10.1. The molecule has 2 aromatic rings. The fourth-order valence-electron chi connectivity index (χ4n) is 1.91. The van der Waals surface area contributed by atoms with Crippen molar-refractivity contribution in [2.45, 2.75) is 39.0 Å². The van der Waals surface area contributed by atoms with Crippen LogP contribution in [0.25, 0.3) is 0 Å². The van der Waals surface area contributed by atoms with Gasteiger partial charge in [0.05, 0.1) is 24.5 Å². The summed E-state index contributed by atoms with van der Waals surface area (Å²) in [4.78, 5) is 8.30. The first-order valence-corrected chi connectivity index (χ1v) is 7.01. The number of alkyl halides is 2. The number of hydrogen-bond acceptors (Lipinski definition) is 7. The number of aliphatic hydroxyl groups excluding tert-OH is 1. The van der Waals surface area contributed by atoms with Crippen LogP contribution < -0.4 is 15.4 Å². The van der Waals surface area contributed by atoms with Crippen LogP contribution in [0.5, 0.6) is 5.88 Å². The number of nitrogens with zero attached hydrogens (tertiary/aromatic N) is 3. The van der Waals surface area contributed by atoms with Crippen molar-refractivity contribution in [2.24, 2.45) is 0 Å². The van der Waals surface area contributed by atoms with Crippen LogP contribution in [-0.4, -0.2) is 44.0 Å². The SMILES string of the molecule is CC[C@@H](Nc1cncc(Nc2cc(OC(F)F)n[nH]2)n1)[C@H](C)O. The molecule has 0 aliphatic heterocycles. The smallest absolute Gasteiger partial charge is 0.388 e. The summed E-state index contributed by atoms with van der Waals surface area (Å²) in [5.74, 6) is 0.952. The summed E-state index contributed by atoms with van der Waals surface area (Å²) in [5.41, 5.74) is 0. The van der Waals surface area contributed by atoms with E-state index in [1.54, 1.807) is 6.92 Å². The van der Waals surface area contributed by atoms with E-state index in [9.17, 15) is 13.9 Å². The Morgan fingerprint density at radius 3 is 2.74 bits per heavy atom. The topological polar surface area (TPSA) is 108 Å². The Bertz CT molecular complexity index is 622. The van der Waals surface area contributed by atoms with Crippen LogP contribution in [0.3, 0.4) is 0 Å². The second-order valence-electron chi connectivity index (χ2n) is 4.81. The molecule has 0 saturated heterocycles. The highest BCUT2D eigenvalue weighted by atomic mass is 19.3. The van der Waals surface area contributed by atoms with E-state index in [0.717, 1.165) is 0 Å². The number of aliphatic hydroxyl groups is 1. The Hall–Kier alpha value is -2.49. The first-order chi connectivity index (χ1) is 11.0. The number of hydrogen-bond donors (Lipinski definition) is 4. The average Bonchev–Trinajstić information content (AvgIpc) is 2.91. The highest BCUT2D eigenvalue weighted by molar-refractivity contribution is 5.53. The minimum Gasteiger partial charge on any atom is -0.415 e. The minimum atomic E-state index is -2.94. The van der Waals surface area contributed by atoms with Gasteiger partial charge in [-0.1, -0.05) is 6.92 Å². The van der Waals surface area contributed by atoms with Gasteiger partial charge in [-0.2, -0.15) is 8.78 Å². The maximum atomic E-state index is 12.1. The van der Waals surface area contributed by atoms with E-state index < -0.39 is 12.7 Å². The molecule has 2 atom stereocenters. The monoisotopic (exact) mass is 328 g/mol. The fraction of sp³-hybridized carbons (Fsp3) is 0.462. The summed E-state index contributed by atoms with van der Waals surface area (Å²) in [5, 5.41) is 21.6. The summed E-state index contributed by atoms with van der Waals surface area (Å²) in [6.45, 7) is 0.686. The molecule has 2 aromatic heterocycles. The maximum Gasteiger partial charge on any atom is 0.388 e. The van der Waals surface area contributed by atoms with Crippen LogP contribution in [0.4, 0.5) is 26.2 Å². The van der Waals surface area contributed by atoms with E-state index in [1.165, 1.54) is 18.5 Å². The van der Waals surface area contributed by atoms with E-state index in [1.807, 2.05) is 6.92 Å². The van der Waals surface area contributed by atoms with E-state index in [4.69, 9.17) is 0 Å². The quantitative estimate of drug-likeness (QED) is 0.588. The zero-order chi connectivity index (χ0) is 16.8. The van der Waals surface area contributed by atoms with Crippen molar-refractivity contribution in [3.8, 4) is 5.88 Å². The fourth-order valence-corrected chi connectivity index (χ4v) is 1.91. The third-order valence-electron chi connectivity index (χ3n) is 3.02. The molecule has 2 heterocycles. The third-order valence-corrected chi connectivity index (χ3v) is 3.02. The number of halogens is 2. The van der Waals surface area contributed by atoms with Gasteiger partial charge >= 0.3 is 6.61 Å². The van der Waals surface area contributed by atoms with Gasteiger partial charge in [0.2, 0.25) is 5.88 Å². The molecule has 126 valence electrons. The van der Waals surface area contributed by atoms with Gasteiger partial charge in [-0.25, -0.2) is 4.98 Å². The van der Waals surface area contributed by atoms with Crippen molar-refractivity contribution in [1.82, 2.24) is 20.2 Å². The number of aromatic nitrogens is 4. The molecule has 0 amide bonds. The van der Waals surface area contributed by atoms with E-state index in [-0.39, 0.29) is 11.9 Å². The van der Waals surface area contributed by atoms with Gasteiger partial charge in [-0.3, -0.25) is 10.1 Å². The van der Waals surface area contributed by atoms with Crippen molar-refractivity contribution in [3.05, 3.63) is 18.5 Å². The Morgan fingerprint density at radius 2 is 2.09 bits per heavy atom. The van der Waals surface area contributed by atoms with Crippen molar-refractivity contribution in [2.75, 3.05) is 10.6 Å². The predicted octanol–water partition coefficient (Wildman–Crippen LogP) is 2.12. The van der Waals surface area contributed by atoms with E-state index in [0.29, 0.717) is 23.9 Å². The zero-order valence-corrected chi connectivity index (χ0v) is 12.6. The summed E-state index contributed by atoms with van der Waals surface area (Å²) in [6, 6.07) is 1.12. The molecular formula is C13H18F2N6O2. The molecule has 0 spiro atoms. The van der Waals surface area contributed by atoms with Crippen molar-refractivity contribution >= 4 is 17.5 Å². The molecule has 0 unspecified atom stereocenters.